The Hall–Kier alpha value is -1.81. The van der Waals surface area contributed by atoms with Crippen molar-refractivity contribution in [2.45, 2.75) is 51.2 Å². The van der Waals surface area contributed by atoms with Crippen LogP contribution < -0.4 is 9.80 Å². The Kier molecular flexibility index (Phi) is 6.21. The van der Waals surface area contributed by atoms with Crippen LogP contribution in [0.1, 0.15) is 41.9 Å². The number of piperazine rings is 1. The van der Waals surface area contributed by atoms with Crippen molar-refractivity contribution < 1.29 is 19.2 Å². The number of thiophene rings is 1. The van der Waals surface area contributed by atoms with E-state index in [-0.39, 0.29) is 12.0 Å². The predicted octanol–water partition coefficient (Wildman–Crippen LogP) is 0.813. The third kappa shape index (κ3) is 4.36. The van der Waals surface area contributed by atoms with E-state index in [1.165, 1.54) is 40.0 Å². The van der Waals surface area contributed by atoms with Crippen molar-refractivity contribution in [2.24, 2.45) is 0 Å². The van der Waals surface area contributed by atoms with Gasteiger partial charge in [0.15, 0.2) is 5.82 Å². The number of nitrogens with zero attached hydrogens (tertiary/aromatic N) is 4. The molecule has 3 fully saturated rings. The Balaban J connectivity index is 1.27. The van der Waals surface area contributed by atoms with Crippen molar-refractivity contribution in [3.63, 3.8) is 0 Å². The first-order valence-corrected chi connectivity index (χ1v) is 13.5. The van der Waals surface area contributed by atoms with Gasteiger partial charge in [-0.3, -0.25) is 4.79 Å². The number of morpholine rings is 1. The molecule has 1 N–H and O–H groups in total. The van der Waals surface area contributed by atoms with Gasteiger partial charge in [0.25, 0.3) is 5.91 Å². The number of fused-ring (bicyclic) bond motifs is 3. The van der Waals surface area contributed by atoms with Gasteiger partial charge in [0, 0.05) is 37.7 Å². The Morgan fingerprint density at radius 2 is 1.85 bits per heavy atom. The van der Waals surface area contributed by atoms with Gasteiger partial charge in [0.1, 0.15) is 36.4 Å². The molecule has 4 aliphatic rings. The van der Waals surface area contributed by atoms with Crippen LogP contribution in [-0.4, -0.2) is 86.0 Å². The molecule has 8 nitrogen and oxygen atoms in total. The maximum absolute atomic E-state index is 12.8. The molecule has 1 atom stereocenters. The van der Waals surface area contributed by atoms with Crippen molar-refractivity contribution >= 4 is 33.3 Å². The zero-order valence-corrected chi connectivity index (χ0v) is 20.1. The van der Waals surface area contributed by atoms with Crippen LogP contribution in [0.3, 0.4) is 0 Å². The molecule has 178 valence electrons. The summed E-state index contributed by atoms with van der Waals surface area (Å²) in [5, 5.41) is 1.29. The van der Waals surface area contributed by atoms with Crippen LogP contribution in [0.25, 0.3) is 10.2 Å². The molecule has 0 bridgehead atoms. The molecule has 0 unspecified atom stereocenters. The van der Waals surface area contributed by atoms with Gasteiger partial charge in [-0.05, 0) is 44.1 Å². The SMILES string of the molecule is O=C([C@@H]1CCCO1)N1CCN(c2nc(C[NH+]3CCOCC3)nc3sc4c(c23)CCCC4)CC1. The van der Waals surface area contributed by atoms with E-state index in [0.29, 0.717) is 6.61 Å². The summed E-state index contributed by atoms with van der Waals surface area (Å²) >= 11 is 1.88. The quantitative estimate of drug-likeness (QED) is 0.710. The number of amides is 1. The van der Waals surface area contributed by atoms with Crippen LogP contribution in [-0.2, 0) is 33.7 Å². The van der Waals surface area contributed by atoms with Gasteiger partial charge in [-0.15, -0.1) is 11.3 Å². The van der Waals surface area contributed by atoms with Crippen molar-refractivity contribution in [3.8, 4) is 0 Å². The third-order valence-electron chi connectivity index (χ3n) is 7.55. The molecular weight excluding hydrogens is 438 g/mol. The summed E-state index contributed by atoms with van der Waals surface area (Å²) in [4.78, 5) is 31.6. The zero-order valence-electron chi connectivity index (χ0n) is 19.3. The summed E-state index contributed by atoms with van der Waals surface area (Å²) in [6.07, 6.45) is 6.46. The van der Waals surface area contributed by atoms with Gasteiger partial charge in [-0.25, -0.2) is 9.97 Å². The average molecular weight is 473 g/mol. The van der Waals surface area contributed by atoms with Crippen LogP contribution in [0.15, 0.2) is 0 Å². The van der Waals surface area contributed by atoms with E-state index in [1.54, 1.807) is 0 Å². The van der Waals surface area contributed by atoms with Gasteiger partial charge < -0.3 is 24.2 Å². The Bertz CT molecular complexity index is 1010. The number of quaternary nitrogens is 1. The molecule has 33 heavy (non-hydrogen) atoms. The highest BCUT2D eigenvalue weighted by Gasteiger charge is 2.32. The molecule has 6 rings (SSSR count). The van der Waals surface area contributed by atoms with E-state index in [9.17, 15) is 4.79 Å². The van der Waals surface area contributed by atoms with Crippen LogP contribution in [0.5, 0.6) is 0 Å². The number of nitrogens with one attached hydrogen (secondary N) is 1. The topological polar surface area (TPSA) is 72.2 Å². The monoisotopic (exact) mass is 472 g/mol. The largest absolute Gasteiger partial charge is 0.370 e. The van der Waals surface area contributed by atoms with E-state index in [2.05, 4.69) is 4.90 Å². The average Bonchev–Trinajstić information content (AvgIpc) is 3.52. The molecule has 1 aliphatic carbocycles. The maximum atomic E-state index is 12.8. The molecule has 3 saturated heterocycles. The summed E-state index contributed by atoms with van der Waals surface area (Å²) in [5.41, 5.74) is 1.49. The first kappa shape index (κ1) is 21.7. The van der Waals surface area contributed by atoms with Gasteiger partial charge in [-0.1, -0.05) is 0 Å². The number of aryl methyl sites for hydroxylation is 2. The summed E-state index contributed by atoms with van der Waals surface area (Å²) < 4.78 is 11.2. The van der Waals surface area contributed by atoms with Gasteiger partial charge >= 0.3 is 0 Å². The molecule has 0 radical (unpaired) electrons. The molecule has 2 aromatic heterocycles. The van der Waals surface area contributed by atoms with E-state index in [4.69, 9.17) is 19.4 Å². The second kappa shape index (κ2) is 9.44. The first-order valence-electron chi connectivity index (χ1n) is 12.6. The van der Waals surface area contributed by atoms with Gasteiger partial charge in [0.2, 0.25) is 0 Å². The smallest absolute Gasteiger partial charge is 0.251 e. The highest BCUT2D eigenvalue weighted by molar-refractivity contribution is 7.19. The molecule has 9 heteroatoms. The standard InChI is InChI=1S/C24H33N5O3S/c30-24(18-5-3-13-32-18)29-9-7-28(8-10-29)22-21-17-4-1-2-6-19(17)33-23(21)26-20(25-22)16-27-11-14-31-15-12-27/h18H,1-16H2/p+1/t18-/m0/s1. The lowest BCUT2D eigenvalue weighted by molar-refractivity contribution is -0.922. The zero-order chi connectivity index (χ0) is 22.2. The number of aromatic nitrogens is 2. The van der Waals surface area contributed by atoms with Crippen molar-refractivity contribution in [3.05, 3.63) is 16.3 Å². The Morgan fingerprint density at radius 1 is 1.03 bits per heavy atom. The second-order valence-corrected chi connectivity index (χ2v) is 10.8. The van der Waals surface area contributed by atoms with Crippen molar-refractivity contribution in [1.29, 1.82) is 0 Å². The summed E-state index contributed by atoms with van der Waals surface area (Å²) in [6, 6.07) is 0. The third-order valence-corrected chi connectivity index (χ3v) is 8.73. The highest BCUT2D eigenvalue weighted by atomic mass is 32.1. The maximum Gasteiger partial charge on any atom is 0.251 e. The fourth-order valence-corrected chi connectivity index (χ4v) is 6.94. The summed E-state index contributed by atoms with van der Waals surface area (Å²) in [5.74, 6) is 2.22. The number of carbonyl (C=O) groups excluding carboxylic acids is 1. The molecule has 2 aromatic rings. The fourth-order valence-electron chi connectivity index (χ4n) is 5.66. The summed E-state index contributed by atoms with van der Waals surface area (Å²) in [7, 11) is 0. The van der Waals surface area contributed by atoms with E-state index in [0.717, 1.165) is 94.8 Å². The number of hydrogen-bond donors (Lipinski definition) is 1. The molecular formula is C24H34N5O3S+. The van der Waals surface area contributed by atoms with E-state index in [1.807, 2.05) is 16.2 Å². The number of rotatable bonds is 4. The van der Waals surface area contributed by atoms with Crippen molar-refractivity contribution in [1.82, 2.24) is 14.9 Å². The molecule has 3 aliphatic heterocycles. The number of hydrogen-bond acceptors (Lipinski definition) is 7. The minimum atomic E-state index is -0.227. The first-order chi connectivity index (χ1) is 16.3. The lowest BCUT2D eigenvalue weighted by Gasteiger charge is -2.37. The number of carbonyl (C=O) groups is 1. The molecule has 0 saturated carbocycles. The van der Waals surface area contributed by atoms with Gasteiger partial charge in [-0.2, -0.15) is 0 Å². The predicted molar refractivity (Wildman–Crippen MR) is 127 cm³/mol. The highest BCUT2D eigenvalue weighted by Crippen LogP contribution is 2.40. The minimum absolute atomic E-state index is 0.171. The molecule has 0 aromatic carbocycles. The van der Waals surface area contributed by atoms with E-state index < -0.39 is 0 Å². The van der Waals surface area contributed by atoms with Gasteiger partial charge in [0.05, 0.1) is 18.6 Å². The fraction of sp³-hybridized carbons (Fsp3) is 0.708. The lowest BCUT2D eigenvalue weighted by atomic mass is 9.97. The van der Waals surface area contributed by atoms with Crippen molar-refractivity contribution in [2.75, 3.05) is 64.0 Å². The van der Waals surface area contributed by atoms with Crippen LogP contribution in [0.2, 0.25) is 0 Å². The Labute approximate surface area is 198 Å². The van der Waals surface area contributed by atoms with Crippen LogP contribution in [0.4, 0.5) is 5.82 Å². The number of ether oxygens (including phenoxy) is 2. The van der Waals surface area contributed by atoms with E-state index >= 15 is 0 Å². The second-order valence-electron chi connectivity index (χ2n) is 9.71. The molecule has 0 spiro atoms. The van der Waals surface area contributed by atoms with Crippen LogP contribution in [0, 0.1) is 0 Å². The lowest BCUT2D eigenvalue weighted by Crippen LogP contribution is -3.12. The minimum Gasteiger partial charge on any atom is -0.370 e. The molecule has 5 heterocycles. The van der Waals surface area contributed by atoms with Crippen LogP contribution >= 0.6 is 11.3 Å². The number of anilines is 1. The molecule has 1 amide bonds. The normalized spacial score (nSPS) is 24.4. The Morgan fingerprint density at radius 3 is 2.64 bits per heavy atom. The summed E-state index contributed by atoms with van der Waals surface area (Å²) in [6.45, 7) is 8.35.